The van der Waals surface area contributed by atoms with E-state index in [1.54, 1.807) is 35.5 Å². The van der Waals surface area contributed by atoms with Gasteiger partial charge in [0.2, 0.25) is 0 Å². The first-order valence-electron chi connectivity index (χ1n) is 8.83. The summed E-state index contributed by atoms with van der Waals surface area (Å²) in [5.41, 5.74) is 1.71. The molecule has 152 valence electrons. The van der Waals surface area contributed by atoms with Crippen LogP contribution in [-0.4, -0.2) is 22.5 Å². The molecule has 0 bridgehead atoms. The molecule has 0 fully saturated rings. The van der Waals surface area contributed by atoms with Gasteiger partial charge in [0.05, 0.1) is 21.8 Å². The molecule has 0 spiro atoms. The number of carbonyl (C=O) groups is 1. The van der Waals surface area contributed by atoms with Crippen LogP contribution in [0, 0.1) is 0 Å². The second-order valence-corrected chi connectivity index (χ2v) is 9.08. The molecule has 0 aliphatic rings. The van der Waals surface area contributed by atoms with Crippen molar-refractivity contribution in [2.75, 3.05) is 11.5 Å². The van der Waals surface area contributed by atoms with Crippen molar-refractivity contribution in [1.82, 2.24) is 9.97 Å². The van der Waals surface area contributed by atoms with Crippen LogP contribution < -0.4 is 9.64 Å². The largest absolute Gasteiger partial charge is 0.482 e. The molecule has 0 unspecified atom stereocenters. The van der Waals surface area contributed by atoms with Crippen molar-refractivity contribution in [3.63, 3.8) is 0 Å². The first kappa shape index (κ1) is 21.1. The Balaban J connectivity index is 1.61. The third kappa shape index (κ3) is 4.92. The first-order chi connectivity index (χ1) is 14.5. The maximum atomic E-state index is 13.1. The molecule has 0 aliphatic carbocycles. The van der Waals surface area contributed by atoms with Crippen LogP contribution >= 0.6 is 50.5 Å². The van der Waals surface area contributed by atoms with E-state index in [-0.39, 0.29) is 12.5 Å². The number of fused-ring (bicyclic) bond motifs is 1. The summed E-state index contributed by atoms with van der Waals surface area (Å²) in [6.07, 6.45) is 3.41. The maximum Gasteiger partial charge on any atom is 0.267 e. The highest BCUT2D eigenvalue weighted by molar-refractivity contribution is 9.10. The number of ether oxygens (including phenoxy) is 1. The molecule has 30 heavy (non-hydrogen) atoms. The van der Waals surface area contributed by atoms with E-state index in [0.717, 1.165) is 20.3 Å². The lowest BCUT2D eigenvalue weighted by Crippen LogP contribution is -2.34. The summed E-state index contributed by atoms with van der Waals surface area (Å²) in [6, 6.07) is 14.4. The van der Waals surface area contributed by atoms with E-state index in [1.165, 1.54) is 11.3 Å². The Kier molecular flexibility index (Phi) is 6.53. The van der Waals surface area contributed by atoms with Crippen molar-refractivity contribution in [2.45, 2.75) is 6.54 Å². The molecule has 4 rings (SSSR count). The number of carbonyl (C=O) groups excluding carboxylic acids is 1. The fraction of sp³-hybridized carbons (Fsp3) is 0.0952. The number of pyridine rings is 1. The van der Waals surface area contributed by atoms with E-state index in [0.29, 0.717) is 27.5 Å². The molecule has 0 N–H and O–H groups in total. The predicted molar refractivity (Wildman–Crippen MR) is 125 cm³/mol. The minimum Gasteiger partial charge on any atom is -0.482 e. The summed E-state index contributed by atoms with van der Waals surface area (Å²) in [7, 11) is 0. The number of thiazole rings is 1. The molecule has 2 aromatic heterocycles. The summed E-state index contributed by atoms with van der Waals surface area (Å²) in [6.45, 7) is 0.132. The summed E-state index contributed by atoms with van der Waals surface area (Å²) in [4.78, 5) is 23.5. The van der Waals surface area contributed by atoms with E-state index in [4.69, 9.17) is 27.9 Å². The Morgan fingerprint density at radius 1 is 1.17 bits per heavy atom. The fourth-order valence-corrected chi connectivity index (χ4v) is 4.75. The molecule has 1 amide bonds. The van der Waals surface area contributed by atoms with Crippen LogP contribution in [0.4, 0.5) is 5.13 Å². The van der Waals surface area contributed by atoms with Gasteiger partial charge in [-0.3, -0.25) is 14.7 Å². The quantitative estimate of drug-likeness (QED) is 0.295. The number of anilines is 1. The SMILES string of the molecule is O=C(COc1ccc(Cl)cc1Cl)N(Cc1cccnc1)c1nc2ccc(Br)cc2s1. The van der Waals surface area contributed by atoms with Crippen molar-refractivity contribution < 1.29 is 9.53 Å². The van der Waals surface area contributed by atoms with E-state index < -0.39 is 0 Å². The molecule has 0 saturated carbocycles. The lowest BCUT2D eigenvalue weighted by Gasteiger charge is -2.20. The van der Waals surface area contributed by atoms with Gasteiger partial charge in [-0.1, -0.05) is 56.5 Å². The third-order valence-electron chi connectivity index (χ3n) is 4.18. The number of rotatable bonds is 6. The lowest BCUT2D eigenvalue weighted by molar-refractivity contribution is -0.120. The van der Waals surface area contributed by atoms with Crippen LogP contribution in [0.15, 0.2) is 65.4 Å². The number of amides is 1. The topological polar surface area (TPSA) is 55.3 Å². The van der Waals surface area contributed by atoms with Gasteiger partial charge in [-0.2, -0.15) is 0 Å². The van der Waals surface area contributed by atoms with E-state index >= 15 is 0 Å². The zero-order valence-corrected chi connectivity index (χ0v) is 19.3. The second-order valence-electron chi connectivity index (χ2n) is 6.31. The number of benzene rings is 2. The minimum absolute atomic E-state index is 0.193. The van der Waals surface area contributed by atoms with E-state index in [1.807, 2.05) is 30.3 Å². The molecule has 9 heteroatoms. The van der Waals surface area contributed by atoms with Crippen LogP contribution in [0.2, 0.25) is 10.0 Å². The molecule has 0 aliphatic heterocycles. The molecular weight excluding hydrogens is 509 g/mol. The standard InChI is InChI=1S/C21H14BrCl2N3O2S/c22-14-3-5-17-19(8-14)30-21(26-17)27(11-13-2-1-7-25-10-13)20(28)12-29-18-6-4-15(23)9-16(18)24/h1-10H,11-12H2. The van der Waals surface area contributed by atoms with Crippen LogP contribution in [0.5, 0.6) is 5.75 Å². The Hall–Kier alpha value is -2.19. The molecule has 0 radical (unpaired) electrons. The zero-order valence-electron chi connectivity index (χ0n) is 15.4. The summed E-state index contributed by atoms with van der Waals surface area (Å²) >= 11 is 17.0. The van der Waals surface area contributed by atoms with Crippen molar-refractivity contribution in [3.8, 4) is 5.75 Å². The Morgan fingerprint density at radius 3 is 2.80 bits per heavy atom. The van der Waals surface area contributed by atoms with Gasteiger partial charge in [-0.25, -0.2) is 4.98 Å². The Bertz CT molecular complexity index is 1200. The van der Waals surface area contributed by atoms with Gasteiger partial charge in [0, 0.05) is 21.9 Å². The van der Waals surface area contributed by atoms with Gasteiger partial charge in [-0.05, 0) is 48.0 Å². The van der Waals surface area contributed by atoms with Crippen molar-refractivity contribution >= 4 is 71.7 Å². The summed E-state index contributed by atoms with van der Waals surface area (Å²) in [5.74, 6) is 0.145. The molecule has 0 saturated heterocycles. The highest BCUT2D eigenvalue weighted by atomic mass is 79.9. The molecule has 0 atom stereocenters. The van der Waals surface area contributed by atoms with Gasteiger partial charge in [0.15, 0.2) is 11.7 Å². The van der Waals surface area contributed by atoms with Crippen molar-refractivity contribution in [1.29, 1.82) is 0 Å². The molecular formula is C21H14BrCl2N3O2S. The zero-order chi connectivity index (χ0) is 21.1. The smallest absolute Gasteiger partial charge is 0.267 e. The normalized spacial score (nSPS) is 10.9. The van der Waals surface area contributed by atoms with Gasteiger partial charge >= 0.3 is 0 Å². The van der Waals surface area contributed by atoms with E-state index in [9.17, 15) is 4.79 Å². The molecule has 4 aromatic rings. The van der Waals surface area contributed by atoms with Crippen LogP contribution in [0.3, 0.4) is 0 Å². The summed E-state index contributed by atoms with van der Waals surface area (Å²) in [5, 5.41) is 1.43. The average molecular weight is 523 g/mol. The van der Waals surface area contributed by atoms with Gasteiger partial charge in [0.25, 0.3) is 5.91 Å². The monoisotopic (exact) mass is 521 g/mol. The van der Waals surface area contributed by atoms with Crippen LogP contribution in [0.1, 0.15) is 5.56 Å². The molecule has 2 heterocycles. The number of hydrogen-bond donors (Lipinski definition) is 0. The minimum atomic E-state index is -0.247. The van der Waals surface area contributed by atoms with Gasteiger partial charge < -0.3 is 4.74 Å². The Morgan fingerprint density at radius 2 is 2.03 bits per heavy atom. The highest BCUT2D eigenvalue weighted by Gasteiger charge is 2.21. The number of hydrogen-bond acceptors (Lipinski definition) is 5. The van der Waals surface area contributed by atoms with E-state index in [2.05, 4.69) is 25.9 Å². The van der Waals surface area contributed by atoms with Crippen molar-refractivity contribution in [3.05, 3.63) is 81.0 Å². The van der Waals surface area contributed by atoms with Gasteiger partial charge in [-0.15, -0.1) is 0 Å². The maximum absolute atomic E-state index is 13.1. The fourth-order valence-electron chi connectivity index (χ4n) is 2.75. The van der Waals surface area contributed by atoms with Crippen LogP contribution in [-0.2, 0) is 11.3 Å². The van der Waals surface area contributed by atoms with Crippen molar-refractivity contribution in [2.24, 2.45) is 0 Å². The molecule has 5 nitrogen and oxygen atoms in total. The first-order valence-corrected chi connectivity index (χ1v) is 11.2. The lowest BCUT2D eigenvalue weighted by atomic mass is 10.2. The van der Waals surface area contributed by atoms with Crippen LogP contribution in [0.25, 0.3) is 10.2 Å². The number of aromatic nitrogens is 2. The Labute approximate surface area is 195 Å². The second kappa shape index (κ2) is 9.31. The number of nitrogens with zero attached hydrogens (tertiary/aromatic N) is 3. The molecule has 2 aromatic carbocycles. The van der Waals surface area contributed by atoms with Gasteiger partial charge in [0.1, 0.15) is 5.75 Å². The third-order valence-corrected chi connectivity index (χ3v) is 6.24. The predicted octanol–water partition coefficient (Wildman–Crippen LogP) is 6.37. The summed E-state index contributed by atoms with van der Waals surface area (Å²) < 4.78 is 7.59. The highest BCUT2D eigenvalue weighted by Crippen LogP contribution is 2.32. The average Bonchev–Trinajstić information content (AvgIpc) is 3.14. The number of halogens is 3.